The van der Waals surface area contributed by atoms with Crippen molar-refractivity contribution in [3.8, 4) is 0 Å². The highest BCUT2D eigenvalue weighted by molar-refractivity contribution is 14.0. The Balaban J connectivity index is 0.00000529. The fourth-order valence-corrected chi connectivity index (χ4v) is 2.41. The standard InChI is InChI=1S/C18H33N3O2.HI/c1-7-19-18(20-12-11-16(13(3)4)22-8-2)21-15(6)17-10-9-14(5)23-17;/h9-10,13,15-16H,7-8,11-12H2,1-6H3,(H2,19,20,21);1H. The molecule has 24 heavy (non-hydrogen) atoms. The number of ether oxygens (including phenoxy) is 1. The Bertz CT molecular complexity index is 475. The molecule has 0 saturated carbocycles. The molecule has 0 spiro atoms. The second-order valence-electron chi connectivity index (χ2n) is 6.10. The zero-order valence-corrected chi connectivity index (χ0v) is 18.2. The summed E-state index contributed by atoms with van der Waals surface area (Å²) < 4.78 is 11.4. The molecule has 1 rings (SSSR count). The van der Waals surface area contributed by atoms with Crippen molar-refractivity contribution < 1.29 is 9.15 Å². The smallest absolute Gasteiger partial charge is 0.191 e. The summed E-state index contributed by atoms with van der Waals surface area (Å²) in [5, 5.41) is 6.67. The third-order valence-corrected chi connectivity index (χ3v) is 3.69. The quantitative estimate of drug-likeness (QED) is 0.335. The highest BCUT2D eigenvalue weighted by atomic mass is 127. The van der Waals surface area contributed by atoms with Gasteiger partial charge in [-0.3, -0.25) is 4.99 Å². The van der Waals surface area contributed by atoms with Gasteiger partial charge in [0.05, 0.1) is 12.1 Å². The third kappa shape index (κ3) is 8.37. The van der Waals surface area contributed by atoms with Crippen LogP contribution in [0.3, 0.4) is 0 Å². The molecule has 2 N–H and O–H groups in total. The highest BCUT2D eigenvalue weighted by Gasteiger charge is 2.14. The number of aryl methyl sites for hydroxylation is 1. The lowest BCUT2D eigenvalue weighted by atomic mass is 10.0. The molecule has 0 aliphatic heterocycles. The van der Waals surface area contributed by atoms with Gasteiger partial charge in [-0.15, -0.1) is 24.0 Å². The Morgan fingerprint density at radius 1 is 1.25 bits per heavy atom. The van der Waals surface area contributed by atoms with Crippen LogP contribution in [0.1, 0.15) is 58.6 Å². The molecule has 0 radical (unpaired) electrons. The SMILES string of the molecule is CCNC(=NCCC(OCC)C(C)C)NC(C)c1ccc(C)o1.I. The highest BCUT2D eigenvalue weighted by Crippen LogP contribution is 2.15. The Hall–Kier alpha value is -0.760. The first-order chi connectivity index (χ1) is 11.0. The van der Waals surface area contributed by atoms with Crippen LogP contribution in [0.15, 0.2) is 21.5 Å². The first-order valence-corrected chi connectivity index (χ1v) is 8.70. The van der Waals surface area contributed by atoms with E-state index in [0.717, 1.165) is 43.6 Å². The van der Waals surface area contributed by atoms with Crippen LogP contribution in [-0.2, 0) is 4.74 Å². The van der Waals surface area contributed by atoms with E-state index in [9.17, 15) is 0 Å². The van der Waals surface area contributed by atoms with Crippen LogP contribution in [0.4, 0.5) is 0 Å². The molecule has 1 aromatic heterocycles. The molecule has 0 bridgehead atoms. The molecule has 0 fully saturated rings. The Morgan fingerprint density at radius 2 is 1.96 bits per heavy atom. The normalized spacial score (nSPS) is 14.2. The number of guanidine groups is 1. The summed E-state index contributed by atoms with van der Waals surface area (Å²) in [7, 11) is 0. The van der Waals surface area contributed by atoms with Gasteiger partial charge in [0, 0.05) is 19.7 Å². The van der Waals surface area contributed by atoms with Gasteiger partial charge in [-0.25, -0.2) is 0 Å². The van der Waals surface area contributed by atoms with Crippen molar-refractivity contribution in [1.82, 2.24) is 10.6 Å². The van der Waals surface area contributed by atoms with E-state index in [-0.39, 0.29) is 36.1 Å². The number of aliphatic imine (C=N–C) groups is 1. The van der Waals surface area contributed by atoms with Gasteiger partial charge in [-0.05, 0) is 52.2 Å². The number of rotatable bonds is 9. The zero-order valence-electron chi connectivity index (χ0n) is 15.9. The van der Waals surface area contributed by atoms with E-state index >= 15 is 0 Å². The van der Waals surface area contributed by atoms with Crippen LogP contribution in [0.25, 0.3) is 0 Å². The van der Waals surface area contributed by atoms with E-state index in [4.69, 9.17) is 9.15 Å². The van der Waals surface area contributed by atoms with Gasteiger partial charge in [0.2, 0.25) is 0 Å². The lowest BCUT2D eigenvalue weighted by Crippen LogP contribution is -2.39. The Morgan fingerprint density at radius 3 is 2.46 bits per heavy atom. The van der Waals surface area contributed by atoms with Gasteiger partial charge < -0.3 is 19.8 Å². The van der Waals surface area contributed by atoms with Crippen LogP contribution in [0, 0.1) is 12.8 Å². The summed E-state index contributed by atoms with van der Waals surface area (Å²) in [4.78, 5) is 4.66. The number of nitrogens with one attached hydrogen (secondary N) is 2. The minimum atomic E-state index is 0. The predicted octanol–water partition coefficient (Wildman–Crippen LogP) is 4.27. The van der Waals surface area contributed by atoms with Crippen molar-refractivity contribution in [2.45, 2.75) is 60.1 Å². The van der Waals surface area contributed by atoms with Gasteiger partial charge >= 0.3 is 0 Å². The monoisotopic (exact) mass is 451 g/mol. The maximum absolute atomic E-state index is 5.77. The van der Waals surface area contributed by atoms with E-state index in [1.165, 1.54) is 0 Å². The molecule has 2 atom stereocenters. The van der Waals surface area contributed by atoms with Crippen molar-refractivity contribution in [2.75, 3.05) is 19.7 Å². The molecule has 0 aromatic carbocycles. The molecular formula is C18H34IN3O2. The van der Waals surface area contributed by atoms with E-state index in [1.807, 2.05) is 26.0 Å². The molecule has 0 amide bonds. The molecule has 2 unspecified atom stereocenters. The van der Waals surface area contributed by atoms with Crippen LogP contribution in [0.5, 0.6) is 0 Å². The van der Waals surface area contributed by atoms with Gasteiger partial charge in [0.25, 0.3) is 0 Å². The molecule has 0 saturated heterocycles. The second kappa shape index (κ2) is 12.6. The summed E-state index contributed by atoms with van der Waals surface area (Å²) >= 11 is 0. The van der Waals surface area contributed by atoms with Crippen LogP contribution >= 0.6 is 24.0 Å². The predicted molar refractivity (Wildman–Crippen MR) is 111 cm³/mol. The van der Waals surface area contributed by atoms with Gasteiger partial charge in [-0.1, -0.05) is 13.8 Å². The van der Waals surface area contributed by atoms with Crippen molar-refractivity contribution in [3.63, 3.8) is 0 Å². The summed E-state index contributed by atoms with van der Waals surface area (Å²) in [6, 6.07) is 4.06. The summed E-state index contributed by atoms with van der Waals surface area (Å²) in [5.41, 5.74) is 0. The average molecular weight is 451 g/mol. The minimum absolute atomic E-state index is 0. The lowest BCUT2D eigenvalue weighted by Gasteiger charge is -2.20. The molecule has 0 aliphatic rings. The maximum Gasteiger partial charge on any atom is 0.191 e. The fraction of sp³-hybridized carbons (Fsp3) is 0.722. The Kier molecular flexibility index (Phi) is 12.2. The van der Waals surface area contributed by atoms with E-state index in [0.29, 0.717) is 5.92 Å². The van der Waals surface area contributed by atoms with Crippen molar-refractivity contribution in [1.29, 1.82) is 0 Å². The summed E-state index contributed by atoms with van der Waals surface area (Å²) in [6.45, 7) is 14.8. The molecule has 6 heteroatoms. The number of hydrogen-bond donors (Lipinski definition) is 2. The first-order valence-electron chi connectivity index (χ1n) is 8.70. The van der Waals surface area contributed by atoms with Crippen LogP contribution in [-0.4, -0.2) is 31.8 Å². The summed E-state index contributed by atoms with van der Waals surface area (Å²) in [5.74, 6) is 3.16. The van der Waals surface area contributed by atoms with Crippen LogP contribution in [0.2, 0.25) is 0 Å². The second-order valence-corrected chi connectivity index (χ2v) is 6.10. The number of furan rings is 1. The average Bonchev–Trinajstić information content (AvgIpc) is 2.93. The molecule has 0 aliphatic carbocycles. The Labute approximate surface area is 164 Å². The van der Waals surface area contributed by atoms with Gasteiger partial charge in [0.1, 0.15) is 11.5 Å². The maximum atomic E-state index is 5.77. The largest absolute Gasteiger partial charge is 0.464 e. The number of nitrogens with zero attached hydrogens (tertiary/aromatic N) is 1. The van der Waals surface area contributed by atoms with Crippen molar-refractivity contribution in [3.05, 3.63) is 23.7 Å². The number of halogens is 1. The fourth-order valence-electron chi connectivity index (χ4n) is 2.41. The molecule has 140 valence electrons. The summed E-state index contributed by atoms with van der Waals surface area (Å²) in [6.07, 6.45) is 1.19. The van der Waals surface area contributed by atoms with E-state index in [2.05, 4.69) is 43.3 Å². The topological polar surface area (TPSA) is 58.8 Å². The lowest BCUT2D eigenvalue weighted by molar-refractivity contribution is 0.0266. The van der Waals surface area contributed by atoms with Crippen molar-refractivity contribution in [2.24, 2.45) is 10.9 Å². The molecule has 5 nitrogen and oxygen atoms in total. The third-order valence-electron chi connectivity index (χ3n) is 3.69. The minimum Gasteiger partial charge on any atom is -0.464 e. The molecule has 1 heterocycles. The van der Waals surface area contributed by atoms with Crippen LogP contribution < -0.4 is 10.6 Å². The van der Waals surface area contributed by atoms with Crippen molar-refractivity contribution >= 4 is 29.9 Å². The van der Waals surface area contributed by atoms with Gasteiger partial charge in [-0.2, -0.15) is 0 Å². The molecule has 1 aromatic rings. The first kappa shape index (κ1) is 23.2. The zero-order chi connectivity index (χ0) is 17.2. The van der Waals surface area contributed by atoms with E-state index < -0.39 is 0 Å². The van der Waals surface area contributed by atoms with Gasteiger partial charge in [0.15, 0.2) is 5.96 Å². The number of hydrogen-bond acceptors (Lipinski definition) is 3. The molecular weight excluding hydrogens is 417 g/mol. The van der Waals surface area contributed by atoms with E-state index in [1.54, 1.807) is 0 Å².